The van der Waals surface area contributed by atoms with Crippen LogP contribution in [0.4, 0.5) is 0 Å². The molecule has 2 N–H and O–H groups in total. The van der Waals surface area contributed by atoms with E-state index in [0.29, 0.717) is 19.1 Å². The van der Waals surface area contributed by atoms with Crippen LogP contribution in [0.3, 0.4) is 0 Å². The van der Waals surface area contributed by atoms with Gasteiger partial charge in [0.05, 0.1) is 12.6 Å². The van der Waals surface area contributed by atoms with Gasteiger partial charge in [-0.05, 0) is 23.8 Å². The zero-order valence-electron chi connectivity index (χ0n) is 13.9. The number of amides is 1. The fourth-order valence-corrected chi connectivity index (χ4v) is 2.59. The number of carbonyl (C=O) groups is 1. The molecule has 1 saturated carbocycles. The number of benzene rings is 1. The molecule has 0 heterocycles. The molecule has 0 aromatic heterocycles. The highest BCUT2D eigenvalue weighted by atomic mass is 16.3. The summed E-state index contributed by atoms with van der Waals surface area (Å²) < 4.78 is 0. The molecule has 1 unspecified atom stereocenters. The first-order valence-corrected chi connectivity index (χ1v) is 8.08. The van der Waals surface area contributed by atoms with Gasteiger partial charge in [-0.2, -0.15) is 0 Å². The minimum Gasteiger partial charge on any atom is -0.387 e. The van der Waals surface area contributed by atoms with Crippen LogP contribution in [0.15, 0.2) is 30.3 Å². The average molecular weight is 304 g/mol. The third-order valence-corrected chi connectivity index (χ3v) is 3.62. The van der Waals surface area contributed by atoms with Crippen LogP contribution in [0.2, 0.25) is 0 Å². The van der Waals surface area contributed by atoms with Crippen LogP contribution < -0.4 is 5.32 Å². The van der Waals surface area contributed by atoms with E-state index in [1.165, 1.54) is 0 Å². The van der Waals surface area contributed by atoms with Crippen molar-refractivity contribution in [3.63, 3.8) is 0 Å². The maximum Gasteiger partial charge on any atom is 0.234 e. The molecule has 1 aromatic carbocycles. The molecule has 0 spiro atoms. The highest BCUT2D eigenvalue weighted by molar-refractivity contribution is 5.78. The van der Waals surface area contributed by atoms with E-state index in [2.05, 4.69) is 31.0 Å². The summed E-state index contributed by atoms with van der Waals surface area (Å²) in [7, 11) is 0. The van der Waals surface area contributed by atoms with Gasteiger partial charge in [0.1, 0.15) is 0 Å². The number of hydrogen-bond donors (Lipinski definition) is 2. The minimum atomic E-state index is -0.572. The van der Waals surface area contributed by atoms with Gasteiger partial charge in [-0.3, -0.25) is 9.69 Å². The first-order valence-electron chi connectivity index (χ1n) is 8.08. The summed E-state index contributed by atoms with van der Waals surface area (Å²) in [6, 6.07) is 10.0. The molecule has 1 atom stereocenters. The van der Waals surface area contributed by atoms with Gasteiger partial charge >= 0.3 is 0 Å². The van der Waals surface area contributed by atoms with Gasteiger partial charge in [0.2, 0.25) is 5.91 Å². The Morgan fingerprint density at radius 1 is 1.32 bits per heavy atom. The molecule has 1 aliphatic rings. The SMILES string of the molecule is CC(C)(C)CN(CC(=O)NC1CC1)CC(O)c1ccccc1. The number of carbonyl (C=O) groups excluding carboxylic acids is 1. The van der Waals surface area contributed by atoms with Gasteiger partial charge < -0.3 is 10.4 Å². The summed E-state index contributed by atoms with van der Waals surface area (Å²) in [5.41, 5.74) is 0.972. The summed E-state index contributed by atoms with van der Waals surface area (Å²) in [6.07, 6.45) is 1.62. The molecule has 1 amide bonds. The highest BCUT2D eigenvalue weighted by Gasteiger charge is 2.26. The quantitative estimate of drug-likeness (QED) is 0.813. The topological polar surface area (TPSA) is 52.6 Å². The van der Waals surface area contributed by atoms with Crippen LogP contribution in [0, 0.1) is 5.41 Å². The van der Waals surface area contributed by atoms with E-state index in [9.17, 15) is 9.90 Å². The van der Waals surface area contributed by atoms with Crippen molar-refractivity contribution in [3.8, 4) is 0 Å². The molecule has 122 valence electrons. The van der Waals surface area contributed by atoms with Crippen molar-refractivity contribution >= 4 is 5.91 Å². The molecular formula is C18H28N2O2. The number of aliphatic hydroxyl groups excluding tert-OH is 1. The van der Waals surface area contributed by atoms with Crippen molar-refractivity contribution in [2.24, 2.45) is 5.41 Å². The lowest BCUT2D eigenvalue weighted by Crippen LogP contribution is -2.43. The van der Waals surface area contributed by atoms with Crippen LogP contribution >= 0.6 is 0 Å². The number of nitrogens with zero attached hydrogens (tertiary/aromatic N) is 1. The predicted octanol–water partition coefficient (Wildman–Crippen LogP) is 2.35. The van der Waals surface area contributed by atoms with E-state index in [0.717, 1.165) is 24.9 Å². The average Bonchev–Trinajstić information content (AvgIpc) is 3.21. The smallest absolute Gasteiger partial charge is 0.234 e. The van der Waals surface area contributed by atoms with E-state index >= 15 is 0 Å². The summed E-state index contributed by atoms with van der Waals surface area (Å²) >= 11 is 0. The zero-order valence-corrected chi connectivity index (χ0v) is 13.9. The summed E-state index contributed by atoms with van der Waals surface area (Å²) in [5, 5.41) is 13.4. The van der Waals surface area contributed by atoms with Gasteiger partial charge in [0, 0.05) is 19.1 Å². The van der Waals surface area contributed by atoms with Crippen molar-refractivity contribution in [3.05, 3.63) is 35.9 Å². The van der Waals surface area contributed by atoms with Crippen LogP contribution in [0.25, 0.3) is 0 Å². The lowest BCUT2D eigenvalue weighted by atomic mass is 9.95. The van der Waals surface area contributed by atoms with Crippen LogP contribution in [-0.4, -0.2) is 41.6 Å². The normalized spacial score (nSPS) is 16.6. The molecule has 1 fully saturated rings. The second-order valence-electron chi connectivity index (χ2n) is 7.50. The Kier molecular flexibility index (Phi) is 5.59. The number of hydrogen-bond acceptors (Lipinski definition) is 3. The van der Waals surface area contributed by atoms with Crippen LogP contribution in [0.5, 0.6) is 0 Å². The van der Waals surface area contributed by atoms with E-state index in [-0.39, 0.29) is 11.3 Å². The van der Waals surface area contributed by atoms with Gasteiger partial charge in [-0.15, -0.1) is 0 Å². The monoisotopic (exact) mass is 304 g/mol. The molecule has 1 aromatic rings. The second kappa shape index (κ2) is 7.25. The van der Waals surface area contributed by atoms with Crippen LogP contribution in [0.1, 0.15) is 45.3 Å². The van der Waals surface area contributed by atoms with Crippen LogP contribution in [-0.2, 0) is 4.79 Å². The van der Waals surface area contributed by atoms with Crippen molar-refractivity contribution in [2.45, 2.75) is 45.8 Å². The van der Waals surface area contributed by atoms with Gasteiger partial charge in [-0.1, -0.05) is 51.1 Å². The molecule has 1 aliphatic carbocycles. The second-order valence-corrected chi connectivity index (χ2v) is 7.50. The molecule has 4 nitrogen and oxygen atoms in total. The molecule has 22 heavy (non-hydrogen) atoms. The summed E-state index contributed by atoms with van der Waals surface area (Å²) in [5.74, 6) is 0.0620. The Labute approximate surface area is 133 Å². The summed E-state index contributed by atoms with van der Waals surface area (Å²) in [4.78, 5) is 14.1. The number of nitrogens with one attached hydrogen (secondary N) is 1. The number of rotatable bonds is 7. The van der Waals surface area contributed by atoms with Gasteiger partial charge in [0.25, 0.3) is 0 Å². The van der Waals surface area contributed by atoms with Crippen molar-refractivity contribution in [1.82, 2.24) is 10.2 Å². The fraction of sp³-hybridized carbons (Fsp3) is 0.611. The molecule has 0 aliphatic heterocycles. The van der Waals surface area contributed by atoms with E-state index in [4.69, 9.17) is 0 Å². The lowest BCUT2D eigenvalue weighted by Gasteiger charge is -2.31. The molecule has 0 bridgehead atoms. The lowest BCUT2D eigenvalue weighted by molar-refractivity contribution is -0.123. The van der Waals surface area contributed by atoms with E-state index in [1.807, 2.05) is 30.3 Å². The van der Waals surface area contributed by atoms with Gasteiger partial charge in [-0.25, -0.2) is 0 Å². The Morgan fingerprint density at radius 2 is 1.95 bits per heavy atom. The third-order valence-electron chi connectivity index (χ3n) is 3.62. The molecular weight excluding hydrogens is 276 g/mol. The Bertz CT molecular complexity index is 478. The highest BCUT2D eigenvalue weighted by Crippen LogP contribution is 2.21. The van der Waals surface area contributed by atoms with E-state index in [1.54, 1.807) is 0 Å². The predicted molar refractivity (Wildman–Crippen MR) is 88.5 cm³/mol. The Morgan fingerprint density at radius 3 is 2.50 bits per heavy atom. The fourth-order valence-electron chi connectivity index (χ4n) is 2.59. The first-order chi connectivity index (χ1) is 10.3. The molecule has 0 saturated heterocycles. The Balaban J connectivity index is 1.95. The third kappa shape index (κ3) is 6.16. The van der Waals surface area contributed by atoms with Crippen molar-refractivity contribution in [2.75, 3.05) is 19.6 Å². The summed E-state index contributed by atoms with van der Waals surface area (Å²) in [6.45, 7) is 8.03. The Hall–Kier alpha value is -1.39. The first kappa shape index (κ1) is 17.0. The standard InChI is InChI=1S/C18H28N2O2/c1-18(2,3)13-20(12-17(22)19-15-9-10-15)11-16(21)14-7-5-4-6-8-14/h4-8,15-16,21H,9-13H2,1-3H3,(H,19,22). The molecule has 0 radical (unpaired) electrons. The maximum absolute atomic E-state index is 12.1. The molecule has 4 heteroatoms. The van der Waals surface area contributed by atoms with Crippen molar-refractivity contribution in [1.29, 1.82) is 0 Å². The minimum absolute atomic E-state index is 0.0620. The maximum atomic E-state index is 12.1. The van der Waals surface area contributed by atoms with Crippen molar-refractivity contribution < 1.29 is 9.90 Å². The largest absolute Gasteiger partial charge is 0.387 e. The van der Waals surface area contributed by atoms with Gasteiger partial charge in [0.15, 0.2) is 0 Å². The molecule has 2 rings (SSSR count). The van der Waals surface area contributed by atoms with E-state index < -0.39 is 6.10 Å². The zero-order chi connectivity index (χ0) is 16.2. The number of aliphatic hydroxyl groups is 1.